The smallest absolute Gasteiger partial charge is 0.338 e. The van der Waals surface area contributed by atoms with Gasteiger partial charge in [-0.05, 0) is 44.4 Å². The molecule has 0 bridgehead atoms. The van der Waals surface area contributed by atoms with Crippen molar-refractivity contribution in [3.63, 3.8) is 0 Å². The standard InChI is InChI=1S/C17H24O6/c1-4-22-17(19)13-9-10-14(15(12-13)20-2)23-11-7-5-6-8-16(18)21-3/h9-10,12H,4-8,11H2,1-3H3. The van der Waals surface area contributed by atoms with Crippen LogP contribution in [0.3, 0.4) is 0 Å². The second kappa shape index (κ2) is 10.5. The molecule has 0 N–H and O–H groups in total. The topological polar surface area (TPSA) is 71.1 Å². The summed E-state index contributed by atoms with van der Waals surface area (Å²) in [7, 11) is 2.91. The maximum Gasteiger partial charge on any atom is 0.338 e. The lowest BCUT2D eigenvalue weighted by Gasteiger charge is -2.12. The van der Waals surface area contributed by atoms with Crippen molar-refractivity contribution in [1.82, 2.24) is 0 Å². The van der Waals surface area contributed by atoms with Crippen LogP contribution in [0.4, 0.5) is 0 Å². The van der Waals surface area contributed by atoms with Crippen LogP contribution in [-0.2, 0) is 14.3 Å². The van der Waals surface area contributed by atoms with E-state index in [1.165, 1.54) is 14.2 Å². The number of rotatable bonds is 10. The fraction of sp³-hybridized carbons (Fsp3) is 0.529. The van der Waals surface area contributed by atoms with Crippen LogP contribution in [-0.4, -0.2) is 39.4 Å². The van der Waals surface area contributed by atoms with E-state index < -0.39 is 0 Å². The molecule has 128 valence electrons. The van der Waals surface area contributed by atoms with Crippen LogP contribution in [0, 0.1) is 0 Å². The minimum Gasteiger partial charge on any atom is -0.493 e. The number of esters is 2. The summed E-state index contributed by atoms with van der Waals surface area (Å²) in [6.45, 7) is 2.59. The Morgan fingerprint density at radius 1 is 1.04 bits per heavy atom. The van der Waals surface area contributed by atoms with Crippen LogP contribution < -0.4 is 9.47 Å². The van der Waals surface area contributed by atoms with E-state index in [0.29, 0.717) is 36.7 Å². The molecule has 0 fully saturated rings. The van der Waals surface area contributed by atoms with E-state index in [1.54, 1.807) is 25.1 Å². The van der Waals surface area contributed by atoms with Gasteiger partial charge in [0, 0.05) is 6.42 Å². The molecule has 0 spiro atoms. The van der Waals surface area contributed by atoms with Crippen LogP contribution >= 0.6 is 0 Å². The summed E-state index contributed by atoms with van der Waals surface area (Å²) in [5.74, 6) is 0.487. The highest BCUT2D eigenvalue weighted by Gasteiger charge is 2.11. The second-order valence-electron chi connectivity index (χ2n) is 4.82. The molecule has 6 heteroatoms. The van der Waals surface area contributed by atoms with E-state index >= 15 is 0 Å². The third kappa shape index (κ3) is 6.59. The minimum atomic E-state index is -0.389. The quantitative estimate of drug-likeness (QED) is 0.487. The van der Waals surface area contributed by atoms with Gasteiger partial charge in [0.1, 0.15) is 0 Å². The Hall–Kier alpha value is -2.24. The lowest BCUT2D eigenvalue weighted by Crippen LogP contribution is -2.06. The number of hydrogen-bond acceptors (Lipinski definition) is 6. The van der Waals surface area contributed by atoms with Gasteiger partial charge in [0.25, 0.3) is 0 Å². The maximum absolute atomic E-state index is 11.7. The largest absolute Gasteiger partial charge is 0.493 e. The van der Waals surface area contributed by atoms with Gasteiger partial charge in [-0.15, -0.1) is 0 Å². The van der Waals surface area contributed by atoms with Gasteiger partial charge in [0.2, 0.25) is 0 Å². The zero-order chi connectivity index (χ0) is 17.1. The van der Waals surface area contributed by atoms with E-state index in [1.807, 2.05) is 0 Å². The SMILES string of the molecule is CCOC(=O)c1ccc(OCCCCCC(=O)OC)c(OC)c1. The minimum absolute atomic E-state index is 0.192. The Morgan fingerprint density at radius 3 is 2.48 bits per heavy atom. The van der Waals surface area contributed by atoms with E-state index in [0.717, 1.165) is 19.3 Å². The van der Waals surface area contributed by atoms with Crippen molar-refractivity contribution in [3.8, 4) is 11.5 Å². The molecule has 23 heavy (non-hydrogen) atoms. The fourth-order valence-corrected chi connectivity index (χ4v) is 1.96. The van der Waals surface area contributed by atoms with Gasteiger partial charge in [0.05, 0.1) is 33.0 Å². The Morgan fingerprint density at radius 2 is 1.83 bits per heavy atom. The molecule has 1 rings (SSSR count). The number of hydrogen-bond donors (Lipinski definition) is 0. The van der Waals surface area contributed by atoms with Gasteiger partial charge in [-0.1, -0.05) is 0 Å². The van der Waals surface area contributed by atoms with Crippen molar-refractivity contribution in [3.05, 3.63) is 23.8 Å². The molecular formula is C17H24O6. The van der Waals surface area contributed by atoms with Crippen molar-refractivity contribution in [2.24, 2.45) is 0 Å². The van der Waals surface area contributed by atoms with Crippen molar-refractivity contribution in [2.45, 2.75) is 32.6 Å². The van der Waals surface area contributed by atoms with Gasteiger partial charge in [-0.25, -0.2) is 4.79 Å². The van der Waals surface area contributed by atoms with Crippen molar-refractivity contribution in [2.75, 3.05) is 27.4 Å². The molecule has 1 aromatic carbocycles. The average molecular weight is 324 g/mol. The fourth-order valence-electron chi connectivity index (χ4n) is 1.96. The van der Waals surface area contributed by atoms with Crippen LogP contribution in [0.1, 0.15) is 43.0 Å². The average Bonchev–Trinajstić information content (AvgIpc) is 2.57. The highest BCUT2D eigenvalue weighted by molar-refractivity contribution is 5.90. The van der Waals surface area contributed by atoms with Gasteiger partial charge >= 0.3 is 11.9 Å². The van der Waals surface area contributed by atoms with Gasteiger partial charge in [0.15, 0.2) is 11.5 Å². The molecule has 0 aliphatic heterocycles. The normalized spacial score (nSPS) is 10.0. The summed E-state index contributed by atoms with van der Waals surface area (Å²) in [4.78, 5) is 22.7. The Labute approximate surface area is 136 Å². The van der Waals surface area contributed by atoms with Crippen LogP contribution in [0.2, 0.25) is 0 Å². The van der Waals surface area contributed by atoms with E-state index in [4.69, 9.17) is 14.2 Å². The van der Waals surface area contributed by atoms with E-state index in [2.05, 4.69) is 4.74 Å². The van der Waals surface area contributed by atoms with Crippen molar-refractivity contribution >= 4 is 11.9 Å². The zero-order valence-electron chi connectivity index (χ0n) is 13.9. The van der Waals surface area contributed by atoms with Crippen molar-refractivity contribution < 1.29 is 28.5 Å². The van der Waals surface area contributed by atoms with E-state index in [9.17, 15) is 9.59 Å². The number of benzene rings is 1. The summed E-state index contributed by atoms with van der Waals surface area (Å²) in [6, 6.07) is 4.94. The second-order valence-corrected chi connectivity index (χ2v) is 4.82. The Balaban J connectivity index is 2.44. The third-order valence-corrected chi connectivity index (χ3v) is 3.19. The maximum atomic E-state index is 11.7. The monoisotopic (exact) mass is 324 g/mol. The summed E-state index contributed by atoms with van der Waals surface area (Å²) in [5, 5.41) is 0. The lowest BCUT2D eigenvalue weighted by atomic mass is 10.2. The van der Waals surface area contributed by atoms with Gasteiger partial charge < -0.3 is 18.9 Å². The molecule has 6 nitrogen and oxygen atoms in total. The molecule has 0 aromatic heterocycles. The highest BCUT2D eigenvalue weighted by Crippen LogP contribution is 2.28. The lowest BCUT2D eigenvalue weighted by molar-refractivity contribution is -0.140. The van der Waals surface area contributed by atoms with Crippen molar-refractivity contribution in [1.29, 1.82) is 0 Å². The first kappa shape index (κ1) is 18.8. The molecule has 0 aliphatic rings. The summed E-state index contributed by atoms with van der Waals surface area (Å²) >= 11 is 0. The first-order chi connectivity index (χ1) is 11.1. The summed E-state index contributed by atoms with van der Waals surface area (Å²) < 4.78 is 20.4. The number of carbonyl (C=O) groups excluding carboxylic acids is 2. The predicted octanol–water partition coefficient (Wildman–Crippen LogP) is 2.98. The van der Waals surface area contributed by atoms with E-state index in [-0.39, 0.29) is 11.9 Å². The molecule has 0 unspecified atom stereocenters. The molecule has 0 atom stereocenters. The van der Waals surface area contributed by atoms with Gasteiger partial charge in [-0.3, -0.25) is 4.79 Å². The zero-order valence-corrected chi connectivity index (χ0v) is 13.9. The summed E-state index contributed by atoms with van der Waals surface area (Å²) in [5.41, 5.74) is 0.425. The predicted molar refractivity (Wildman–Crippen MR) is 84.9 cm³/mol. The molecule has 1 aromatic rings. The van der Waals surface area contributed by atoms with Crippen LogP contribution in [0.15, 0.2) is 18.2 Å². The van der Waals surface area contributed by atoms with Crippen LogP contribution in [0.5, 0.6) is 11.5 Å². The summed E-state index contributed by atoms with van der Waals surface area (Å²) in [6.07, 6.45) is 2.89. The number of carbonyl (C=O) groups is 2. The molecule has 0 aliphatic carbocycles. The molecule has 0 heterocycles. The number of unbranched alkanes of at least 4 members (excludes halogenated alkanes) is 2. The third-order valence-electron chi connectivity index (χ3n) is 3.19. The first-order valence-electron chi connectivity index (χ1n) is 7.67. The highest BCUT2D eigenvalue weighted by atomic mass is 16.5. The first-order valence-corrected chi connectivity index (χ1v) is 7.67. The number of ether oxygens (including phenoxy) is 4. The Kier molecular flexibility index (Phi) is 8.57. The molecule has 0 amide bonds. The molecule has 0 saturated heterocycles. The number of methoxy groups -OCH3 is 2. The van der Waals surface area contributed by atoms with Crippen LogP contribution in [0.25, 0.3) is 0 Å². The molecule has 0 saturated carbocycles. The Bertz CT molecular complexity index is 512. The molecule has 0 radical (unpaired) electrons. The van der Waals surface area contributed by atoms with Gasteiger partial charge in [-0.2, -0.15) is 0 Å². The molecular weight excluding hydrogens is 300 g/mol.